The van der Waals surface area contributed by atoms with Gasteiger partial charge in [0.25, 0.3) is 5.56 Å². The Balaban J connectivity index is 1.60. The van der Waals surface area contributed by atoms with E-state index in [1.54, 1.807) is 15.5 Å². The van der Waals surface area contributed by atoms with Gasteiger partial charge in [0, 0.05) is 11.1 Å². The average Bonchev–Trinajstić information content (AvgIpc) is 3.15. The third kappa shape index (κ3) is 3.99. The Kier molecular flexibility index (Phi) is 5.72. The highest BCUT2D eigenvalue weighted by Crippen LogP contribution is 2.27. The molecule has 3 aromatic carbocycles. The van der Waals surface area contributed by atoms with Crippen LogP contribution in [0.2, 0.25) is 0 Å². The number of para-hydroxylation sites is 1. The van der Waals surface area contributed by atoms with Crippen molar-refractivity contribution in [3.63, 3.8) is 0 Å². The van der Waals surface area contributed by atoms with Crippen LogP contribution in [0.4, 0.5) is 5.69 Å². The lowest BCUT2D eigenvalue weighted by atomic mass is 10.1. The minimum absolute atomic E-state index is 0.0212. The highest BCUT2D eigenvalue weighted by molar-refractivity contribution is 6.06. The first-order valence-corrected chi connectivity index (χ1v) is 11.4. The van der Waals surface area contributed by atoms with Crippen LogP contribution >= 0.6 is 0 Å². The molecule has 1 N–H and O–H groups in total. The molecule has 0 fully saturated rings. The minimum atomic E-state index is -0.182. The molecule has 2 aromatic heterocycles. The standard InChI is InChI=1S/C28H26N4O2/c1-3-21-11-7-8-12-23(21)30-25(33)17-32-24-14-13-19(2)15-22(24)26-27(32)28(34)31(18-29-26)16-20-9-5-4-6-10-20/h4-15,18H,3,16-17H2,1-2H3,(H,30,33). The molecule has 0 aliphatic rings. The van der Waals surface area contributed by atoms with E-state index in [4.69, 9.17) is 0 Å². The molecule has 34 heavy (non-hydrogen) atoms. The van der Waals surface area contributed by atoms with Crippen LogP contribution in [0.25, 0.3) is 21.9 Å². The van der Waals surface area contributed by atoms with Crippen LogP contribution in [-0.4, -0.2) is 20.0 Å². The number of nitrogens with zero attached hydrogens (tertiary/aromatic N) is 3. The van der Waals surface area contributed by atoms with E-state index in [1.807, 2.05) is 79.7 Å². The third-order valence-electron chi connectivity index (χ3n) is 6.15. The Bertz CT molecular complexity index is 1560. The fourth-order valence-corrected chi connectivity index (χ4v) is 4.45. The van der Waals surface area contributed by atoms with Crippen LogP contribution in [0.1, 0.15) is 23.6 Å². The number of aromatic nitrogens is 3. The van der Waals surface area contributed by atoms with Crippen LogP contribution in [0, 0.1) is 6.92 Å². The molecule has 0 bridgehead atoms. The fourth-order valence-electron chi connectivity index (χ4n) is 4.45. The Morgan fingerprint density at radius 1 is 1.00 bits per heavy atom. The maximum Gasteiger partial charge on any atom is 0.278 e. The number of anilines is 1. The van der Waals surface area contributed by atoms with E-state index < -0.39 is 0 Å². The maximum atomic E-state index is 13.6. The molecule has 6 heteroatoms. The summed E-state index contributed by atoms with van der Waals surface area (Å²) in [5.74, 6) is -0.182. The number of benzene rings is 3. The largest absolute Gasteiger partial charge is 0.325 e. The summed E-state index contributed by atoms with van der Waals surface area (Å²) in [5.41, 5.74) is 5.67. The molecule has 0 atom stereocenters. The average molecular weight is 451 g/mol. The van der Waals surface area contributed by atoms with Gasteiger partial charge < -0.3 is 9.88 Å². The minimum Gasteiger partial charge on any atom is -0.325 e. The maximum absolute atomic E-state index is 13.6. The van der Waals surface area contributed by atoms with Gasteiger partial charge in [0.05, 0.1) is 18.4 Å². The molecular formula is C28H26N4O2. The van der Waals surface area contributed by atoms with E-state index in [9.17, 15) is 9.59 Å². The predicted octanol–water partition coefficient (Wildman–Crippen LogP) is 4.91. The number of hydrogen-bond donors (Lipinski definition) is 1. The Morgan fingerprint density at radius 2 is 1.76 bits per heavy atom. The first-order valence-electron chi connectivity index (χ1n) is 11.4. The lowest BCUT2D eigenvalue weighted by molar-refractivity contribution is -0.116. The van der Waals surface area contributed by atoms with Crippen molar-refractivity contribution in [3.8, 4) is 0 Å². The van der Waals surface area contributed by atoms with E-state index in [1.165, 1.54) is 0 Å². The highest BCUT2D eigenvalue weighted by atomic mass is 16.2. The summed E-state index contributed by atoms with van der Waals surface area (Å²) in [6.45, 7) is 4.50. The highest BCUT2D eigenvalue weighted by Gasteiger charge is 2.19. The summed E-state index contributed by atoms with van der Waals surface area (Å²) in [7, 11) is 0. The van der Waals surface area contributed by atoms with Gasteiger partial charge in [-0.05, 0) is 42.7 Å². The second-order valence-electron chi connectivity index (χ2n) is 8.53. The third-order valence-corrected chi connectivity index (χ3v) is 6.15. The van der Waals surface area contributed by atoms with Crippen molar-refractivity contribution in [2.75, 3.05) is 5.32 Å². The van der Waals surface area contributed by atoms with Gasteiger partial charge in [-0.1, -0.05) is 67.1 Å². The van der Waals surface area contributed by atoms with E-state index >= 15 is 0 Å². The molecule has 0 aliphatic heterocycles. The molecule has 0 saturated carbocycles. The molecule has 5 rings (SSSR count). The van der Waals surface area contributed by atoms with Crippen molar-refractivity contribution < 1.29 is 4.79 Å². The van der Waals surface area contributed by atoms with Crippen molar-refractivity contribution >= 4 is 33.5 Å². The molecule has 2 heterocycles. The number of carbonyl (C=O) groups excluding carboxylic acids is 1. The summed E-state index contributed by atoms with van der Waals surface area (Å²) >= 11 is 0. The lowest BCUT2D eigenvalue weighted by Gasteiger charge is -2.12. The quantitative estimate of drug-likeness (QED) is 0.400. The van der Waals surface area contributed by atoms with Crippen LogP contribution in [0.3, 0.4) is 0 Å². The monoisotopic (exact) mass is 450 g/mol. The second kappa shape index (κ2) is 8.98. The topological polar surface area (TPSA) is 68.9 Å². The van der Waals surface area contributed by atoms with Crippen molar-refractivity contribution in [1.82, 2.24) is 14.1 Å². The molecule has 170 valence electrons. The molecule has 0 radical (unpaired) electrons. The number of nitrogens with one attached hydrogen (secondary N) is 1. The van der Waals surface area contributed by atoms with Crippen molar-refractivity contribution in [3.05, 3.63) is 106 Å². The van der Waals surface area contributed by atoms with Crippen molar-refractivity contribution in [1.29, 1.82) is 0 Å². The van der Waals surface area contributed by atoms with Gasteiger partial charge >= 0.3 is 0 Å². The van der Waals surface area contributed by atoms with Gasteiger partial charge in [0.15, 0.2) is 0 Å². The van der Waals surface area contributed by atoms with Gasteiger partial charge in [-0.3, -0.25) is 14.2 Å². The molecule has 6 nitrogen and oxygen atoms in total. The number of aryl methyl sites for hydroxylation is 2. The van der Waals surface area contributed by atoms with Crippen molar-refractivity contribution in [2.45, 2.75) is 33.4 Å². The fraction of sp³-hybridized carbons (Fsp3) is 0.179. The molecule has 0 unspecified atom stereocenters. The number of amides is 1. The first kappa shape index (κ1) is 21.6. The van der Waals surface area contributed by atoms with E-state index in [-0.39, 0.29) is 18.0 Å². The summed E-state index contributed by atoms with van der Waals surface area (Å²) in [5, 5.41) is 3.90. The molecule has 0 aliphatic carbocycles. The van der Waals surface area contributed by atoms with Crippen LogP contribution in [0.5, 0.6) is 0 Å². The van der Waals surface area contributed by atoms with Gasteiger partial charge in [-0.2, -0.15) is 0 Å². The smallest absolute Gasteiger partial charge is 0.278 e. The van der Waals surface area contributed by atoms with E-state index in [2.05, 4.69) is 17.2 Å². The summed E-state index contributed by atoms with van der Waals surface area (Å²) < 4.78 is 3.40. The zero-order valence-electron chi connectivity index (χ0n) is 19.3. The van der Waals surface area contributed by atoms with Crippen LogP contribution < -0.4 is 10.9 Å². The van der Waals surface area contributed by atoms with Gasteiger partial charge in [-0.25, -0.2) is 4.98 Å². The SMILES string of the molecule is CCc1ccccc1NC(=O)Cn1c2ccc(C)cc2c2ncn(Cc3ccccc3)c(=O)c21. The van der Waals surface area contributed by atoms with Crippen LogP contribution in [-0.2, 0) is 24.3 Å². The number of carbonyl (C=O) groups is 1. The van der Waals surface area contributed by atoms with Crippen molar-refractivity contribution in [2.24, 2.45) is 0 Å². The van der Waals surface area contributed by atoms with Gasteiger partial charge in [0.2, 0.25) is 5.91 Å². The number of hydrogen-bond acceptors (Lipinski definition) is 3. The summed E-state index contributed by atoms with van der Waals surface area (Å²) in [6, 6.07) is 23.6. The first-order chi connectivity index (χ1) is 16.5. The number of rotatable bonds is 6. The zero-order valence-corrected chi connectivity index (χ0v) is 19.3. The molecule has 5 aromatic rings. The van der Waals surface area contributed by atoms with Crippen LogP contribution in [0.15, 0.2) is 83.9 Å². The van der Waals surface area contributed by atoms with E-state index in [0.717, 1.165) is 39.7 Å². The second-order valence-corrected chi connectivity index (χ2v) is 8.53. The molecule has 1 amide bonds. The van der Waals surface area contributed by atoms with Gasteiger partial charge in [-0.15, -0.1) is 0 Å². The molecule has 0 spiro atoms. The Hall–Kier alpha value is -4.19. The zero-order chi connectivity index (χ0) is 23.7. The molecule has 0 saturated heterocycles. The predicted molar refractivity (Wildman–Crippen MR) is 136 cm³/mol. The Labute approximate surface area is 197 Å². The molecular weight excluding hydrogens is 424 g/mol. The Morgan fingerprint density at radius 3 is 2.56 bits per heavy atom. The normalized spacial score (nSPS) is 11.2. The lowest BCUT2D eigenvalue weighted by Crippen LogP contribution is -2.25. The van der Waals surface area contributed by atoms with E-state index in [0.29, 0.717) is 17.6 Å². The summed E-state index contributed by atoms with van der Waals surface area (Å²) in [6.07, 6.45) is 2.42. The summed E-state index contributed by atoms with van der Waals surface area (Å²) in [4.78, 5) is 31.4. The number of fused-ring (bicyclic) bond motifs is 3. The van der Waals surface area contributed by atoms with Gasteiger partial charge in [0.1, 0.15) is 17.6 Å².